The fourth-order valence-electron chi connectivity index (χ4n) is 2.38. The molecule has 2 amide bonds. The van der Waals surface area contributed by atoms with Crippen LogP contribution in [0.2, 0.25) is 0 Å². The van der Waals surface area contributed by atoms with Gasteiger partial charge in [-0.25, -0.2) is 0 Å². The summed E-state index contributed by atoms with van der Waals surface area (Å²) in [5, 5.41) is 5.65. The van der Waals surface area contributed by atoms with Crippen LogP contribution in [0.3, 0.4) is 0 Å². The fourth-order valence-corrected chi connectivity index (χ4v) is 2.93. The molecule has 0 aliphatic heterocycles. The van der Waals surface area contributed by atoms with Crippen LogP contribution in [0.1, 0.15) is 34.6 Å². The van der Waals surface area contributed by atoms with Gasteiger partial charge in [-0.3, -0.25) is 9.59 Å². The maximum absolute atomic E-state index is 12.7. The maximum atomic E-state index is 12.7. The van der Waals surface area contributed by atoms with Gasteiger partial charge in [0.1, 0.15) is 16.0 Å². The third kappa shape index (κ3) is 5.23. The van der Waals surface area contributed by atoms with E-state index in [2.05, 4.69) is 26.6 Å². The molecule has 7 heteroatoms. The summed E-state index contributed by atoms with van der Waals surface area (Å²) in [6.07, 6.45) is 0. The molecule has 0 spiro atoms. The second-order valence-corrected chi connectivity index (χ2v) is 7.09. The molecule has 0 aromatic heterocycles. The summed E-state index contributed by atoms with van der Waals surface area (Å²) in [6.45, 7) is 4.59. The van der Waals surface area contributed by atoms with Gasteiger partial charge in [-0.05, 0) is 46.1 Å². The van der Waals surface area contributed by atoms with E-state index in [1.807, 2.05) is 13.8 Å². The van der Waals surface area contributed by atoms with Gasteiger partial charge in [0.15, 0.2) is 0 Å². The van der Waals surface area contributed by atoms with Gasteiger partial charge in [0, 0.05) is 12.1 Å². The highest BCUT2D eigenvalue weighted by atomic mass is 79.9. The third-order valence-corrected chi connectivity index (χ3v) is 4.58. The number of methoxy groups -OCH3 is 2. The van der Waals surface area contributed by atoms with Crippen LogP contribution in [0.5, 0.6) is 11.5 Å². The van der Waals surface area contributed by atoms with Crippen molar-refractivity contribution in [2.75, 3.05) is 26.1 Å². The number of halogens is 1. The summed E-state index contributed by atoms with van der Waals surface area (Å²) in [5.41, 5.74) is 1.19. The van der Waals surface area contributed by atoms with Gasteiger partial charge in [0.05, 0.1) is 25.5 Å². The summed E-state index contributed by atoms with van der Waals surface area (Å²) < 4.78 is 11.2. The molecule has 2 N–H and O–H groups in total. The number of benzene rings is 2. The molecule has 27 heavy (non-hydrogen) atoms. The Morgan fingerprint density at radius 1 is 1.04 bits per heavy atom. The first-order valence-corrected chi connectivity index (χ1v) is 9.26. The average Bonchev–Trinajstić information content (AvgIpc) is 2.66. The van der Waals surface area contributed by atoms with E-state index in [-0.39, 0.29) is 11.8 Å². The van der Waals surface area contributed by atoms with Gasteiger partial charge >= 0.3 is 0 Å². The lowest BCUT2D eigenvalue weighted by atomic mass is 10.1. The Hall–Kier alpha value is -2.54. The number of hydrogen-bond acceptors (Lipinski definition) is 4. The molecule has 144 valence electrons. The molecule has 0 aliphatic rings. The van der Waals surface area contributed by atoms with E-state index in [0.717, 1.165) is 0 Å². The van der Waals surface area contributed by atoms with E-state index in [1.54, 1.807) is 36.4 Å². The number of carbonyl (C=O) groups is 2. The highest BCUT2D eigenvalue weighted by molar-refractivity contribution is 9.10. The number of nitrogens with one attached hydrogen (secondary N) is 2. The Bertz CT molecular complexity index is 811. The predicted octanol–water partition coefficient (Wildman–Crippen LogP) is 4.10. The zero-order valence-electron chi connectivity index (χ0n) is 15.8. The predicted molar refractivity (Wildman–Crippen MR) is 109 cm³/mol. The first-order valence-electron chi connectivity index (χ1n) is 8.47. The molecule has 0 saturated carbocycles. The molecule has 6 nitrogen and oxygen atoms in total. The first kappa shape index (κ1) is 20.8. The lowest BCUT2D eigenvalue weighted by molar-refractivity contribution is 0.0950. The summed E-state index contributed by atoms with van der Waals surface area (Å²) >= 11 is 3.38. The zero-order chi connectivity index (χ0) is 20.0. The topological polar surface area (TPSA) is 76.7 Å². The van der Waals surface area contributed by atoms with Crippen molar-refractivity contribution in [1.82, 2.24) is 5.32 Å². The molecule has 2 aromatic carbocycles. The van der Waals surface area contributed by atoms with Gasteiger partial charge < -0.3 is 20.1 Å². The fraction of sp³-hybridized carbons (Fsp3) is 0.300. The number of hydrogen-bond donors (Lipinski definition) is 2. The Morgan fingerprint density at radius 3 is 2.19 bits per heavy atom. The molecular formula is C20H23BrN2O4. The molecule has 0 unspecified atom stereocenters. The molecular weight excluding hydrogens is 412 g/mol. The van der Waals surface area contributed by atoms with Crippen molar-refractivity contribution < 1.29 is 19.1 Å². The molecule has 2 rings (SSSR count). The molecule has 0 bridgehead atoms. The Kier molecular flexibility index (Phi) is 7.24. The van der Waals surface area contributed by atoms with Crippen LogP contribution in [-0.4, -0.2) is 32.6 Å². The Labute approximate surface area is 167 Å². The summed E-state index contributed by atoms with van der Waals surface area (Å²) in [5.74, 6) is 0.678. The van der Waals surface area contributed by atoms with Crippen molar-refractivity contribution in [3.05, 3.63) is 52.0 Å². The molecule has 0 heterocycles. The van der Waals surface area contributed by atoms with Gasteiger partial charge in [0.2, 0.25) is 0 Å². The van der Waals surface area contributed by atoms with Crippen LogP contribution < -0.4 is 20.1 Å². The zero-order valence-corrected chi connectivity index (χ0v) is 17.3. The van der Waals surface area contributed by atoms with Gasteiger partial charge in [0.25, 0.3) is 11.8 Å². The monoisotopic (exact) mass is 434 g/mol. The van der Waals surface area contributed by atoms with Gasteiger partial charge in [-0.15, -0.1) is 0 Å². The van der Waals surface area contributed by atoms with Crippen molar-refractivity contribution in [3.8, 4) is 11.5 Å². The maximum Gasteiger partial charge on any atom is 0.255 e. The van der Waals surface area contributed by atoms with Crippen LogP contribution >= 0.6 is 15.9 Å². The normalized spacial score (nSPS) is 10.4. The number of anilines is 1. The third-order valence-electron chi connectivity index (χ3n) is 3.80. The van der Waals surface area contributed by atoms with Crippen LogP contribution in [0, 0.1) is 5.92 Å². The second-order valence-electron chi connectivity index (χ2n) is 6.30. The van der Waals surface area contributed by atoms with Crippen molar-refractivity contribution in [1.29, 1.82) is 0 Å². The molecule has 0 atom stereocenters. The number of para-hydroxylation sites is 1. The van der Waals surface area contributed by atoms with Crippen molar-refractivity contribution in [2.45, 2.75) is 13.8 Å². The lowest BCUT2D eigenvalue weighted by Crippen LogP contribution is -2.28. The van der Waals surface area contributed by atoms with E-state index in [4.69, 9.17) is 9.47 Å². The van der Waals surface area contributed by atoms with Crippen LogP contribution in [0.25, 0.3) is 0 Å². The number of ether oxygens (including phenoxy) is 2. The number of amides is 2. The van der Waals surface area contributed by atoms with Crippen molar-refractivity contribution in [2.24, 2.45) is 5.92 Å². The smallest absolute Gasteiger partial charge is 0.255 e. The van der Waals surface area contributed by atoms with Gasteiger partial charge in [-0.1, -0.05) is 26.0 Å². The van der Waals surface area contributed by atoms with E-state index in [1.165, 1.54) is 14.2 Å². The first-order chi connectivity index (χ1) is 12.9. The highest BCUT2D eigenvalue weighted by Crippen LogP contribution is 2.35. The number of carbonyl (C=O) groups excluding carboxylic acids is 2. The molecule has 2 aromatic rings. The van der Waals surface area contributed by atoms with Crippen molar-refractivity contribution >= 4 is 33.4 Å². The standard InChI is InChI=1S/C20H23BrN2O4/c1-12(2)11-22-20(25)14-7-5-6-8-15(14)23-19(24)13-9-16(26-3)18(21)17(10-13)27-4/h5-10,12H,11H2,1-4H3,(H,22,25)(H,23,24). The summed E-state index contributed by atoms with van der Waals surface area (Å²) in [4.78, 5) is 25.2. The second kappa shape index (κ2) is 9.41. The van der Waals surface area contributed by atoms with Crippen molar-refractivity contribution in [3.63, 3.8) is 0 Å². The molecule has 0 aliphatic carbocycles. The molecule has 0 radical (unpaired) electrons. The minimum absolute atomic E-state index is 0.231. The minimum Gasteiger partial charge on any atom is -0.495 e. The molecule has 0 saturated heterocycles. The summed E-state index contributed by atoms with van der Waals surface area (Å²) in [6, 6.07) is 10.1. The highest BCUT2D eigenvalue weighted by Gasteiger charge is 2.17. The Balaban J connectivity index is 2.28. The minimum atomic E-state index is -0.372. The quantitative estimate of drug-likeness (QED) is 0.687. The Morgan fingerprint density at radius 2 is 1.63 bits per heavy atom. The lowest BCUT2D eigenvalue weighted by Gasteiger charge is -2.14. The largest absolute Gasteiger partial charge is 0.495 e. The average molecular weight is 435 g/mol. The van der Waals surface area contributed by atoms with Crippen LogP contribution in [0.4, 0.5) is 5.69 Å². The van der Waals surface area contributed by atoms with Crippen LogP contribution in [-0.2, 0) is 0 Å². The van der Waals surface area contributed by atoms with E-state index in [0.29, 0.717) is 45.2 Å². The SMILES string of the molecule is COc1cc(C(=O)Nc2ccccc2C(=O)NCC(C)C)cc(OC)c1Br. The van der Waals surface area contributed by atoms with E-state index < -0.39 is 0 Å². The number of rotatable bonds is 7. The molecule has 0 fully saturated rings. The van der Waals surface area contributed by atoms with E-state index in [9.17, 15) is 9.59 Å². The van der Waals surface area contributed by atoms with Crippen LogP contribution in [0.15, 0.2) is 40.9 Å². The summed E-state index contributed by atoms with van der Waals surface area (Å²) in [7, 11) is 3.02. The van der Waals surface area contributed by atoms with Gasteiger partial charge in [-0.2, -0.15) is 0 Å². The van der Waals surface area contributed by atoms with E-state index >= 15 is 0 Å².